The molecule has 2 aliphatic rings. The number of carbonyl (C=O) groups is 1. The Kier molecular flexibility index (Phi) is 3.37. The van der Waals surface area contributed by atoms with Crippen molar-refractivity contribution in [2.75, 3.05) is 19.8 Å². The van der Waals surface area contributed by atoms with Crippen LogP contribution in [0.15, 0.2) is 0 Å². The van der Waals surface area contributed by atoms with Gasteiger partial charge in [-0.15, -0.1) is 0 Å². The van der Waals surface area contributed by atoms with Crippen LogP contribution in [-0.4, -0.2) is 37.9 Å². The highest BCUT2D eigenvalue weighted by Crippen LogP contribution is 2.15. The van der Waals surface area contributed by atoms with Crippen LogP contribution in [0, 0.1) is 0 Å². The SMILES string of the molecule is O=C1CCCC(CC2COCCO2)N1. The van der Waals surface area contributed by atoms with Crippen molar-refractivity contribution < 1.29 is 14.3 Å². The second kappa shape index (κ2) is 4.75. The average molecular weight is 199 g/mol. The number of hydrogen-bond donors (Lipinski definition) is 1. The summed E-state index contributed by atoms with van der Waals surface area (Å²) in [5.74, 6) is 0.179. The third-order valence-corrected chi connectivity index (χ3v) is 2.75. The Hall–Kier alpha value is -0.610. The van der Waals surface area contributed by atoms with Gasteiger partial charge in [-0.1, -0.05) is 0 Å². The molecule has 14 heavy (non-hydrogen) atoms. The highest BCUT2D eigenvalue weighted by molar-refractivity contribution is 5.76. The topological polar surface area (TPSA) is 47.6 Å². The molecule has 0 radical (unpaired) electrons. The van der Waals surface area contributed by atoms with Crippen molar-refractivity contribution in [2.24, 2.45) is 0 Å². The Labute approximate surface area is 84.0 Å². The minimum absolute atomic E-state index is 0.173. The van der Waals surface area contributed by atoms with Gasteiger partial charge in [0, 0.05) is 12.5 Å². The van der Waals surface area contributed by atoms with Crippen molar-refractivity contribution in [3.8, 4) is 0 Å². The lowest BCUT2D eigenvalue weighted by molar-refractivity contribution is -0.125. The number of carbonyl (C=O) groups excluding carboxylic acids is 1. The third-order valence-electron chi connectivity index (χ3n) is 2.75. The van der Waals surface area contributed by atoms with E-state index < -0.39 is 0 Å². The summed E-state index contributed by atoms with van der Waals surface area (Å²) in [4.78, 5) is 11.1. The van der Waals surface area contributed by atoms with E-state index in [0.717, 1.165) is 19.3 Å². The van der Waals surface area contributed by atoms with E-state index in [4.69, 9.17) is 9.47 Å². The summed E-state index contributed by atoms with van der Waals surface area (Å²) in [6, 6.07) is 0.294. The van der Waals surface area contributed by atoms with Gasteiger partial charge in [0.2, 0.25) is 5.91 Å². The van der Waals surface area contributed by atoms with Crippen LogP contribution in [-0.2, 0) is 14.3 Å². The Bertz CT molecular complexity index is 202. The third kappa shape index (κ3) is 2.69. The molecule has 4 nitrogen and oxygen atoms in total. The average Bonchev–Trinajstić information content (AvgIpc) is 2.19. The molecule has 0 aromatic carbocycles. The second-order valence-electron chi connectivity index (χ2n) is 3.96. The van der Waals surface area contributed by atoms with Crippen molar-refractivity contribution in [1.29, 1.82) is 0 Å². The summed E-state index contributed by atoms with van der Waals surface area (Å²) in [5.41, 5.74) is 0. The maximum Gasteiger partial charge on any atom is 0.220 e. The monoisotopic (exact) mass is 199 g/mol. The smallest absolute Gasteiger partial charge is 0.220 e. The van der Waals surface area contributed by atoms with E-state index >= 15 is 0 Å². The van der Waals surface area contributed by atoms with Gasteiger partial charge in [-0.25, -0.2) is 0 Å². The standard InChI is InChI=1S/C10H17NO3/c12-10-3-1-2-8(11-10)6-9-7-13-4-5-14-9/h8-9H,1-7H2,(H,11,12). The highest BCUT2D eigenvalue weighted by atomic mass is 16.6. The summed E-state index contributed by atoms with van der Waals surface area (Å²) >= 11 is 0. The van der Waals surface area contributed by atoms with E-state index in [0.29, 0.717) is 32.3 Å². The van der Waals surface area contributed by atoms with Crippen LogP contribution >= 0.6 is 0 Å². The maximum absolute atomic E-state index is 11.1. The second-order valence-corrected chi connectivity index (χ2v) is 3.96. The lowest BCUT2D eigenvalue weighted by Crippen LogP contribution is -2.43. The molecule has 0 aromatic heterocycles. The van der Waals surface area contributed by atoms with Crippen LogP contribution in [0.5, 0.6) is 0 Å². The summed E-state index contributed by atoms with van der Waals surface area (Å²) in [6.45, 7) is 2.06. The first kappa shape index (κ1) is 9.93. The van der Waals surface area contributed by atoms with E-state index in [1.807, 2.05) is 0 Å². The van der Waals surface area contributed by atoms with Crippen LogP contribution in [0.1, 0.15) is 25.7 Å². The zero-order valence-electron chi connectivity index (χ0n) is 8.33. The molecule has 0 spiro atoms. The maximum atomic E-state index is 11.1. The van der Waals surface area contributed by atoms with Gasteiger partial charge in [-0.2, -0.15) is 0 Å². The number of piperidine rings is 1. The molecule has 1 amide bonds. The van der Waals surface area contributed by atoms with E-state index in [1.54, 1.807) is 0 Å². The molecule has 2 atom stereocenters. The van der Waals surface area contributed by atoms with E-state index in [1.165, 1.54) is 0 Å². The highest BCUT2D eigenvalue weighted by Gasteiger charge is 2.23. The van der Waals surface area contributed by atoms with Gasteiger partial charge in [0.1, 0.15) is 0 Å². The Morgan fingerprint density at radius 1 is 1.43 bits per heavy atom. The predicted octanol–water partition coefficient (Wildman–Crippen LogP) is 0.461. The van der Waals surface area contributed by atoms with Crippen molar-refractivity contribution in [3.05, 3.63) is 0 Å². The number of rotatable bonds is 2. The van der Waals surface area contributed by atoms with Crippen LogP contribution < -0.4 is 5.32 Å². The largest absolute Gasteiger partial charge is 0.376 e. The summed E-state index contributed by atoms with van der Waals surface area (Å²) in [6.07, 6.45) is 3.83. The van der Waals surface area contributed by atoms with Gasteiger partial charge in [-0.3, -0.25) is 4.79 Å². The molecule has 4 heteroatoms. The number of nitrogens with one attached hydrogen (secondary N) is 1. The first-order chi connectivity index (χ1) is 6.84. The summed E-state index contributed by atoms with van der Waals surface area (Å²) in [7, 11) is 0. The molecule has 0 saturated carbocycles. The molecule has 2 heterocycles. The molecule has 2 fully saturated rings. The van der Waals surface area contributed by atoms with Gasteiger partial charge in [0.05, 0.1) is 25.9 Å². The number of amides is 1. The lowest BCUT2D eigenvalue weighted by Gasteiger charge is -2.29. The van der Waals surface area contributed by atoms with Crippen molar-refractivity contribution in [3.63, 3.8) is 0 Å². The molecule has 0 bridgehead atoms. The van der Waals surface area contributed by atoms with Gasteiger partial charge in [0.25, 0.3) is 0 Å². The summed E-state index contributed by atoms with van der Waals surface area (Å²) < 4.78 is 10.9. The van der Waals surface area contributed by atoms with Crippen LogP contribution in [0.4, 0.5) is 0 Å². The van der Waals surface area contributed by atoms with E-state index in [-0.39, 0.29) is 12.0 Å². The molecule has 2 aliphatic heterocycles. The van der Waals surface area contributed by atoms with Crippen molar-refractivity contribution >= 4 is 5.91 Å². The van der Waals surface area contributed by atoms with E-state index in [2.05, 4.69) is 5.32 Å². The zero-order chi connectivity index (χ0) is 9.80. The fourth-order valence-corrected chi connectivity index (χ4v) is 2.05. The minimum Gasteiger partial charge on any atom is -0.376 e. The van der Waals surface area contributed by atoms with Crippen LogP contribution in [0.2, 0.25) is 0 Å². The molecular formula is C10H17NO3. The first-order valence-corrected chi connectivity index (χ1v) is 5.33. The normalized spacial score (nSPS) is 33.9. The van der Waals surface area contributed by atoms with Gasteiger partial charge in [0.15, 0.2) is 0 Å². The number of hydrogen-bond acceptors (Lipinski definition) is 3. The Balaban J connectivity index is 1.75. The fraction of sp³-hybridized carbons (Fsp3) is 0.900. The quantitative estimate of drug-likeness (QED) is 0.703. The fourth-order valence-electron chi connectivity index (χ4n) is 2.05. The zero-order valence-corrected chi connectivity index (χ0v) is 8.33. The number of ether oxygens (including phenoxy) is 2. The van der Waals surface area contributed by atoms with E-state index in [9.17, 15) is 4.79 Å². The molecule has 2 unspecified atom stereocenters. The van der Waals surface area contributed by atoms with Crippen LogP contribution in [0.3, 0.4) is 0 Å². The first-order valence-electron chi connectivity index (χ1n) is 5.33. The molecule has 2 saturated heterocycles. The molecule has 0 aromatic rings. The molecule has 80 valence electrons. The van der Waals surface area contributed by atoms with Crippen molar-refractivity contribution in [1.82, 2.24) is 5.32 Å². The Morgan fingerprint density at radius 3 is 3.07 bits per heavy atom. The molecular weight excluding hydrogens is 182 g/mol. The summed E-state index contributed by atoms with van der Waals surface area (Å²) in [5, 5.41) is 2.99. The van der Waals surface area contributed by atoms with Crippen LogP contribution in [0.25, 0.3) is 0 Å². The van der Waals surface area contributed by atoms with Crippen molar-refractivity contribution in [2.45, 2.75) is 37.8 Å². The minimum atomic E-state index is 0.173. The lowest BCUT2D eigenvalue weighted by atomic mass is 9.99. The predicted molar refractivity (Wildman–Crippen MR) is 51.0 cm³/mol. The molecule has 0 aliphatic carbocycles. The Morgan fingerprint density at radius 2 is 2.36 bits per heavy atom. The molecule has 1 N–H and O–H groups in total. The molecule has 2 rings (SSSR count). The van der Waals surface area contributed by atoms with Gasteiger partial charge in [-0.05, 0) is 19.3 Å². The van der Waals surface area contributed by atoms with Gasteiger partial charge >= 0.3 is 0 Å². The van der Waals surface area contributed by atoms with Gasteiger partial charge < -0.3 is 14.8 Å².